The van der Waals surface area contributed by atoms with E-state index in [9.17, 15) is 36.6 Å². The number of phenols is 1. The molecule has 3 heterocycles. The fourth-order valence-electron chi connectivity index (χ4n) is 5.84. The van der Waals surface area contributed by atoms with E-state index in [4.69, 9.17) is 4.74 Å². The van der Waals surface area contributed by atoms with Crippen molar-refractivity contribution in [1.82, 2.24) is 19.4 Å². The van der Waals surface area contributed by atoms with Gasteiger partial charge in [0.25, 0.3) is 11.8 Å². The molecule has 0 aliphatic carbocycles. The molecule has 3 aromatic carbocycles. The maximum Gasteiger partial charge on any atom is 0.416 e. The number of aromatic nitrogens is 2. The van der Waals surface area contributed by atoms with Crippen LogP contribution in [0.4, 0.5) is 27.6 Å². The number of ether oxygens (including phenoxy) is 2. The van der Waals surface area contributed by atoms with E-state index in [1.54, 1.807) is 41.3 Å². The first-order valence-corrected chi connectivity index (χ1v) is 15.7. The highest BCUT2D eigenvalue weighted by atomic mass is 19.4. The molecular formula is C36H32F5N5O5. The maximum atomic E-state index is 13.5. The van der Waals surface area contributed by atoms with Gasteiger partial charge >= 0.3 is 12.8 Å². The lowest BCUT2D eigenvalue weighted by atomic mass is 10.1. The van der Waals surface area contributed by atoms with Gasteiger partial charge in [-0.15, -0.1) is 0 Å². The molecule has 1 aliphatic heterocycles. The van der Waals surface area contributed by atoms with Crippen LogP contribution >= 0.6 is 0 Å². The Kier molecular flexibility index (Phi) is 9.83. The lowest BCUT2D eigenvalue weighted by Gasteiger charge is -2.34. The summed E-state index contributed by atoms with van der Waals surface area (Å²) in [4.78, 5) is 35.8. The molecule has 1 N–H and O–H groups in total. The minimum Gasteiger partial charge on any atom is -0.507 e. The van der Waals surface area contributed by atoms with Gasteiger partial charge in [-0.25, -0.2) is 4.98 Å². The number of fused-ring (bicyclic) bond motifs is 1. The summed E-state index contributed by atoms with van der Waals surface area (Å²) in [5.74, 6) is -0.862. The average molecular weight is 710 g/mol. The van der Waals surface area contributed by atoms with E-state index in [-0.39, 0.29) is 23.1 Å². The summed E-state index contributed by atoms with van der Waals surface area (Å²) < 4.78 is 75.8. The zero-order valence-electron chi connectivity index (χ0n) is 27.4. The molecule has 5 aromatic rings. The number of phenolic OH excluding ortho intramolecular Hbond substituents is 1. The number of amides is 2. The number of hydrogen-bond donors (Lipinski definition) is 1. The zero-order chi connectivity index (χ0) is 36.4. The number of halogens is 5. The van der Waals surface area contributed by atoms with Crippen LogP contribution < -0.4 is 14.4 Å². The van der Waals surface area contributed by atoms with Gasteiger partial charge in [0.05, 0.1) is 23.0 Å². The van der Waals surface area contributed by atoms with Crippen molar-refractivity contribution in [3.05, 3.63) is 107 Å². The van der Waals surface area contributed by atoms with E-state index in [1.165, 1.54) is 31.4 Å². The largest absolute Gasteiger partial charge is 0.507 e. The molecule has 266 valence electrons. The van der Waals surface area contributed by atoms with E-state index in [0.29, 0.717) is 55.9 Å². The molecule has 1 saturated heterocycles. The highest BCUT2D eigenvalue weighted by molar-refractivity contribution is 6.07. The van der Waals surface area contributed by atoms with Crippen molar-refractivity contribution in [2.24, 2.45) is 7.05 Å². The summed E-state index contributed by atoms with van der Waals surface area (Å²) in [5, 5.41) is 10.8. The molecule has 0 bridgehead atoms. The van der Waals surface area contributed by atoms with Crippen LogP contribution in [0.15, 0.2) is 85.1 Å². The van der Waals surface area contributed by atoms with E-state index >= 15 is 0 Å². The Bertz CT molecular complexity index is 2040. The van der Waals surface area contributed by atoms with Crippen LogP contribution in [0.2, 0.25) is 0 Å². The average Bonchev–Trinajstić information content (AvgIpc) is 3.43. The third-order valence-corrected chi connectivity index (χ3v) is 8.64. The normalized spacial score (nSPS) is 13.8. The molecule has 0 atom stereocenters. The molecule has 2 amide bonds. The van der Waals surface area contributed by atoms with Crippen molar-refractivity contribution in [2.75, 3.05) is 38.1 Å². The minimum absolute atomic E-state index is 0.105. The maximum absolute atomic E-state index is 13.5. The number of anilines is 1. The number of rotatable bonds is 9. The number of aromatic hydroxyl groups is 1. The highest BCUT2D eigenvalue weighted by Crippen LogP contribution is 2.34. The topological polar surface area (TPSA) is 100 Å². The number of aryl methyl sites for hydroxylation is 1. The van der Waals surface area contributed by atoms with Crippen molar-refractivity contribution >= 4 is 28.4 Å². The summed E-state index contributed by atoms with van der Waals surface area (Å²) in [6.45, 7) is 0.0901. The first-order chi connectivity index (χ1) is 24.3. The second-order valence-electron chi connectivity index (χ2n) is 12.0. The molecule has 0 unspecified atom stereocenters. The zero-order valence-corrected chi connectivity index (χ0v) is 27.4. The fourth-order valence-corrected chi connectivity index (χ4v) is 5.84. The van der Waals surface area contributed by atoms with Crippen molar-refractivity contribution < 1.29 is 46.1 Å². The molecule has 15 heteroatoms. The summed E-state index contributed by atoms with van der Waals surface area (Å²) in [6.07, 6.45) is -3.31. The van der Waals surface area contributed by atoms with Gasteiger partial charge in [-0.1, -0.05) is 12.1 Å². The van der Waals surface area contributed by atoms with Gasteiger partial charge in [0.2, 0.25) is 5.88 Å². The van der Waals surface area contributed by atoms with Gasteiger partial charge in [-0.3, -0.25) is 14.5 Å². The molecule has 6 rings (SSSR count). The number of alkyl halides is 5. The van der Waals surface area contributed by atoms with Gasteiger partial charge in [0, 0.05) is 63.8 Å². The van der Waals surface area contributed by atoms with Crippen LogP contribution in [0.1, 0.15) is 32.0 Å². The van der Waals surface area contributed by atoms with Gasteiger partial charge in [0.1, 0.15) is 22.9 Å². The van der Waals surface area contributed by atoms with E-state index in [2.05, 4.69) is 14.6 Å². The first kappa shape index (κ1) is 35.1. The first-order valence-electron chi connectivity index (χ1n) is 15.7. The van der Waals surface area contributed by atoms with Crippen molar-refractivity contribution in [2.45, 2.75) is 19.3 Å². The summed E-state index contributed by atoms with van der Waals surface area (Å²) in [6, 6.07) is 18.9. The molecule has 0 radical (unpaired) electrons. The van der Waals surface area contributed by atoms with Crippen molar-refractivity contribution in [3.8, 4) is 23.1 Å². The van der Waals surface area contributed by atoms with Crippen LogP contribution in [-0.2, 0) is 19.8 Å². The molecule has 51 heavy (non-hydrogen) atoms. The standard InChI is InChI=1S/C36H32F5N5O5/c1-43(33(48)28-10-5-24(19-31(28)47)36(39,40)41)25-6-12-32(42-20-25)50-27-9-11-29-23(17-27)18-30(44(29)2)34(49)46-15-13-45(14-16-46)21-22-3-7-26(8-4-22)51-35(37)38/h3-12,17-20,35,47H,13-16,21H2,1-2H3. The van der Waals surface area contributed by atoms with E-state index < -0.39 is 30.0 Å². The predicted octanol–water partition coefficient (Wildman–Crippen LogP) is 6.93. The van der Waals surface area contributed by atoms with Gasteiger partial charge in [-0.2, -0.15) is 22.0 Å². The Morgan fingerprint density at radius 3 is 2.25 bits per heavy atom. The van der Waals surface area contributed by atoms with Gasteiger partial charge < -0.3 is 28.9 Å². The van der Waals surface area contributed by atoms with Crippen LogP contribution in [0.5, 0.6) is 23.1 Å². The lowest BCUT2D eigenvalue weighted by molar-refractivity contribution is -0.137. The van der Waals surface area contributed by atoms with Crippen molar-refractivity contribution in [3.63, 3.8) is 0 Å². The van der Waals surface area contributed by atoms with E-state index in [1.807, 2.05) is 17.7 Å². The lowest BCUT2D eigenvalue weighted by Crippen LogP contribution is -2.48. The van der Waals surface area contributed by atoms with Crippen LogP contribution in [-0.4, -0.2) is 76.1 Å². The van der Waals surface area contributed by atoms with Gasteiger partial charge in [-0.05, 0) is 66.2 Å². The van der Waals surface area contributed by atoms with Crippen LogP contribution in [0.25, 0.3) is 10.9 Å². The Morgan fingerprint density at radius 2 is 1.63 bits per heavy atom. The fraction of sp³-hybridized carbons (Fsp3) is 0.250. The number of hydrogen-bond acceptors (Lipinski definition) is 7. The Morgan fingerprint density at radius 1 is 0.922 bits per heavy atom. The van der Waals surface area contributed by atoms with Crippen LogP contribution in [0.3, 0.4) is 0 Å². The smallest absolute Gasteiger partial charge is 0.416 e. The third kappa shape index (κ3) is 7.88. The third-order valence-electron chi connectivity index (χ3n) is 8.64. The molecule has 1 aliphatic rings. The minimum atomic E-state index is -4.66. The van der Waals surface area contributed by atoms with Crippen molar-refractivity contribution in [1.29, 1.82) is 0 Å². The number of benzene rings is 3. The Hall–Kier alpha value is -5.70. The van der Waals surface area contributed by atoms with E-state index in [0.717, 1.165) is 33.5 Å². The predicted molar refractivity (Wildman–Crippen MR) is 177 cm³/mol. The van der Waals surface area contributed by atoms with Crippen LogP contribution in [0, 0.1) is 0 Å². The SMILES string of the molecule is CN(C(=O)c1ccc(C(F)(F)F)cc1O)c1ccc(Oc2ccc3c(c2)cc(C(=O)N2CCN(Cc4ccc(OC(F)F)cc4)CC2)n3C)nc1. The molecule has 2 aromatic heterocycles. The second kappa shape index (κ2) is 14.3. The number of pyridine rings is 1. The molecule has 0 spiro atoms. The number of nitrogens with zero attached hydrogens (tertiary/aromatic N) is 5. The summed E-state index contributed by atoms with van der Waals surface area (Å²) in [5.41, 5.74) is 1.23. The van der Waals surface area contributed by atoms with Gasteiger partial charge in [0.15, 0.2) is 0 Å². The quantitative estimate of drug-likeness (QED) is 0.166. The number of carbonyl (C=O) groups is 2. The molecule has 1 fully saturated rings. The summed E-state index contributed by atoms with van der Waals surface area (Å²) in [7, 11) is 3.22. The highest BCUT2D eigenvalue weighted by Gasteiger charge is 2.32. The second-order valence-corrected chi connectivity index (χ2v) is 12.0. The molecule has 0 saturated carbocycles. The Labute approximate surface area is 288 Å². The molecule has 10 nitrogen and oxygen atoms in total. The summed E-state index contributed by atoms with van der Waals surface area (Å²) >= 11 is 0. The number of carbonyl (C=O) groups excluding carboxylic acids is 2. The molecular weight excluding hydrogens is 677 g/mol. The Balaban J connectivity index is 1.06. The number of piperazine rings is 1. The monoisotopic (exact) mass is 709 g/mol.